The molecule has 0 aromatic heterocycles. The first-order valence-corrected chi connectivity index (χ1v) is 11.7. The Balaban J connectivity index is 2.22. The fourth-order valence-electron chi connectivity index (χ4n) is 4.85. The quantitative estimate of drug-likeness (QED) is 0.584. The molecule has 1 aliphatic carbocycles. The van der Waals surface area contributed by atoms with Crippen molar-refractivity contribution in [2.45, 2.75) is 58.9 Å². The molecule has 136 valence electrons. The van der Waals surface area contributed by atoms with Gasteiger partial charge in [0.15, 0.2) is 0 Å². The summed E-state index contributed by atoms with van der Waals surface area (Å²) in [6, 6.07) is 22.6. The van der Waals surface area contributed by atoms with Gasteiger partial charge in [-0.1, -0.05) is 102 Å². The predicted octanol–water partition coefficient (Wildman–Crippen LogP) is 5.64. The minimum Gasteiger partial charge on any atom is -0.0654 e. The molecular weight excluding hydrogens is 328 g/mol. The molecule has 1 atom stereocenters. The van der Waals surface area contributed by atoms with Crippen molar-refractivity contribution in [1.29, 1.82) is 0 Å². The maximum Gasteiger partial charge on any atom is 0.116 e. The minimum absolute atomic E-state index is 0.187. The molecule has 0 radical (unpaired) electrons. The van der Waals surface area contributed by atoms with Crippen LogP contribution in [0.1, 0.15) is 53.9 Å². The third-order valence-corrected chi connectivity index (χ3v) is 10.6. The predicted molar refractivity (Wildman–Crippen MR) is 118 cm³/mol. The molecule has 0 saturated carbocycles. The van der Waals surface area contributed by atoms with Gasteiger partial charge in [-0.05, 0) is 44.8 Å². The summed E-state index contributed by atoms with van der Waals surface area (Å²) in [5, 5.41) is 3.29. The van der Waals surface area contributed by atoms with E-state index in [9.17, 15) is 0 Å². The standard InChI is InChI=1S/C25H32Si/c1-6-7-18-24-20(3)19(2)21(4)25(24,5)26(22-14-10-8-11-15-22)23-16-12-9-13-17-23/h8-17,26H,6-7,18H2,1-5H3. The zero-order valence-electron chi connectivity index (χ0n) is 17.0. The van der Waals surface area contributed by atoms with Crippen molar-refractivity contribution in [2.75, 3.05) is 0 Å². The Hall–Kier alpha value is -1.86. The van der Waals surface area contributed by atoms with Gasteiger partial charge in [-0.3, -0.25) is 0 Å². The van der Waals surface area contributed by atoms with Crippen LogP contribution < -0.4 is 10.4 Å². The number of hydrogen-bond donors (Lipinski definition) is 0. The van der Waals surface area contributed by atoms with Crippen LogP contribution in [0.2, 0.25) is 5.04 Å². The summed E-state index contributed by atoms with van der Waals surface area (Å²) in [6.07, 6.45) is 3.78. The molecule has 3 rings (SSSR count). The Morgan fingerprint density at radius 1 is 0.769 bits per heavy atom. The second-order valence-corrected chi connectivity index (χ2v) is 11.3. The lowest BCUT2D eigenvalue weighted by Crippen LogP contribution is -2.51. The van der Waals surface area contributed by atoms with Gasteiger partial charge in [-0.2, -0.15) is 0 Å². The van der Waals surface area contributed by atoms with Gasteiger partial charge in [-0.25, -0.2) is 0 Å². The molecule has 0 amide bonds. The summed E-state index contributed by atoms with van der Waals surface area (Å²) in [7, 11) is -1.47. The van der Waals surface area contributed by atoms with Gasteiger partial charge in [0.25, 0.3) is 0 Å². The van der Waals surface area contributed by atoms with E-state index >= 15 is 0 Å². The van der Waals surface area contributed by atoms with Crippen LogP contribution in [0.3, 0.4) is 0 Å². The maximum atomic E-state index is 2.55. The summed E-state index contributed by atoms with van der Waals surface area (Å²) >= 11 is 0. The molecule has 0 N–H and O–H groups in total. The van der Waals surface area contributed by atoms with Crippen LogP contribution in [0.25, 0.3) is 0 Å². The average Bonchev–Trinajstić information content (AvgIpc) is 2.83. The number of hydrogen-bond acceptors (Lipinski definition) is 0. The fourth-order valence-corrected chi connectivity index (χ4v) is 9.15. The van der Waals surface area contributed by atoms with E-state index in [1.807, 2.05) is 0 Å². The highest BCUT2D eigenvalue weighted by atomic mass is 28.3. The van der Waals surface area contributed by atoms with Crippen LogP contribution in [0.15, 0.2) is 83.0 Å². The number of allylic oxidation sites excluding steroid dienone is 4. The second kappa shape index (κ2) is 7.80. The number of benzene rings is 2. The molecule has 0 spiro atoms. The Labute approximate surface area is 161 Å². The molecular formula is C25H32Si. The molecule has 0 fully saturated rings. The number of unbranched alkanes of at least 4 members (excludes halogenated alkanes) is 1. The molecule has 1 unspecified atom stereocenters. The molecule has 0 saturated heterocycles. The van der Waals surface area contributed by atoms with E-state index < -0.39 is 8.80 Å². The van der Waals surface area contributed by atoms with E-state index in [0.29, 0.717) is 0 Å². The van der Waals surface area contributed by atoms with Crippen molar-refractivity contribution in [3.05, 3.63) is 83.0 Å². The van der Waals surface area contributed by atoms with Gasteiger partial charge in [0.1, 0.15) is 8.80 Å². The molecule has 0 bridgehead atoms. The normalized spacial score (nSPS) is 20.4. The molecule has 2 aromatic rings. The number of rotatable bonds is 6. The first kappa shape index (κ1) is 18.9. The molecule has 26 heavy (non-hydrogen) atoms. The SMILES string of the molecule is CCCCC1=C(C)C(C)=C(C)C1(C)[SiH](c1ccccc1)c1ccccc1. The smallest absolute Gasteiger partial charge is 0.0654 e. The maximum absolute atomic E-state index is 2.55. The first-order valence-electron chi connectivity index (χ1n) is 10.00. The Kier molecular flexibility index (Phi) is 5.67. The third kappa shape index (κ3) is 3.14. The highest BCUT2D eigenvalue weighted by molar-refractivity contribution is 6.88. The summed E-state index contributed by atoms with van der Waals surface area (Å²) in [4.78, 5) is 0. The first-order chi connectivity index (χ1) is 12.5. The van der Waals surface area contributed by atoms with Crippen LogP contribution >= 0.6 is 0 Å². The Morgan fingerprint density at radius 2 is 1.27 bits per heavy atom. The van der Waals surface area contributed by atoms with E-state index in [4.69, 9.17) is 0 Å². The van der Waals surface area contributed by atoms with Crippen molar-refractivity contribution in [3.63, 3.8) is 0 Å². The second-order valence-electron chi connectivity index (χ2n) is 7.91. The molecule has 1 heteroatoms. The van der Waals surface area contributed by atoms with Gasteiger partial charge in [-0.15, -0.1) is 0 Å². The van der Waals surface area contributed by atoms with E-state index in [2.05, 4.69) is 95.3 Å². The van der Waals surface area contributed by atoms with Crippen LogP contribution in [0, 0.1) is 0 Å². The van der Waals surface area contributed by atoms with Crippen molar-refractivity contribution in [3.8, 4) is 0 Å². The highest BCUT2D eigenvalue weighted by Gasteiger charge is 2.46. The van der Waals surface area contributed by atoms with Crippen molar-refractivity contribution in [2.24, 2.45) is 0 Å². The van der Waals surface area contributed by atoms with E-state index in [0.717, 1.165) is 0 Å². The lowest BCUT2D eigenvalue weighted by atomic mass is 9.92. The summed E-state index contributed by atoms with van der Waals surface area (Å²) in [5.41, 5.74) is 6.40. The highest BCUT2D eigenvalue weighted by Crippen LogP contribution is 2.55. The lowest BCUT2D eigenvalue weighted by Gasteiger charge is -2.39. The van der Waals surface area contributed by atoms with Crippen molar-refractivity contribution < 1.29 is 0 Å². The lowest BCUT2D eigenvalue weighted by molar-refractivity contribution is 0.705. The van der Waals surface area contributed by atoms with Gasteiger partial charge in [0, 0.05) is 5.04 Å². The van der Waals surface area contributed by atoms with Crippen molar-refractivity contribution in [1.82, 2.24) is 0 Å². The van der Waals surface area contributed by atoms with Gasteiger partial charge in [0.2, 0.25) is 0 Å². The van der Waals surface area contributed by atoms with E-state index in [1.54, 1.807) is 27.1 Å². The zero-order chi connectivity index (χ0) is 18.7. The Bertz CT molecular complexity index is 774. The topological polar surface area (TPSA) is 0 Å². The van der Waals surface area contributed by atoms with E-state index in [1.165, 1.54) is 24.8 Å². The van der Waals surface area contributed by atoms with E-state index in [-0.39, 0.29) is 5.04 Å². The van der Waals surface area contributed by atoms with Gasteiger partial charge < -0.3 is 0 Å². The van der Waals surface area contributed by atoms with Crippen molar-refractivity contribution >= 4 is 19.2 Å². The van der Waals surface area contributed by atoms with Gasteiger partial charge in [0.05, 0.1) is 0 Å². The van der Waals surface area contributed by atoms with Gasteiger partial charge >= 0.3 is 0 Å². The molecule has 1 aliphatic rings. The summed E-state index contributed by atoms with van der Waals surface area (Å²) in [6.45, 7) is 11.9. The average molecular weight is 361 g/mol. The summed E-state index contributed by atoms with van der Waals surface area (Å²) < 4.78 is 0. The molecule has 2 aromatic carbocycles. The van der Waals surface area contributed by atoms with Crippen LogP contribution in [0.5, 0.6) is 0 Å². The van der Waals surface area contributed by atoms with Crippen LogP contribution in [-0.4, -0.2) is 8.80 Å². The fraction of sp³-hybridized carbons (Fsp3) is 0.360. The molecule has 0 nitrogen and oxygen atoms in total. The third-order valence-electron chi connectivity index (χ3n) is 6.61. The minimum atomic E-state index is -1.47. The van der Waals surface area contributed by atoms with Crippen LogP contribution in [0.4, 0.5) is 0 Å². The molecule has 0 heterocycles. The Morgan fingerprint density at radius 3 is 1.73 bits per heavy atom. The zero-order valence-corrected chi connectivity index (χ0v) is 18.1. The summed E-state index contributed by atoms with van der Waals surface area (Å²) in [5.74, 6) is 0. The van der Waals surface area contributed by atoms with Crippen LogP contribution in [-0.2, 0) is 0 Å². The molecule has 0 aliphatic heterocycles. The largest absolute Gasteiger partial charge is 0.116 e. The monoisotopic (exact) mass is 360 g/mol.